The fourth-order valence-electron chi connectivity index (χ4n) is 7.07. The zero-order valence-electron chi connectivity index (χ0n) is 14.4. The maximum atomic E-state index is 13.1. The highest BCUT2D eigenvalue weighted by Crippen LogP contribution is 2.64. The Balaban J connectivity index is 1.71. The van der Waals surface area contributed by atoms with Crippen LogP contribution in [-0.4, -0.2) is 11.6 Å². The van der Waals surface area contributed by atoms with Gasteiger partial charge in [0.1, 0.15) is 11.6 Å². The standard InChI is InChI=1S/C20H30O2/c1-12-8-9-19(2)13(10-12)4-5-14-15-6-7-17(22)20(15,3)11-16(21)18(14)19/h12-15,18H,4-11H2,1-3H3/t12-,13+,14+,15+,18-,19+,20+/m1/s1. The third-order valence-electron chi connectivity index (χ3n) is 8.33. The van der Waals surface area contributed by atoms with Crippen molar-refractivity contribution in [2.75, 3.05) is 0 Å². The number of ketones is 2. The molecule has 4 fully saturated rings. The minimum Gasteiger partial charge on any atom is -0.299 e. The molecular weight excluding hydrogens is 272 g/mol. The zero-order chi connectivity index (χ0) is 15.7. The van der Waals surface area contributed by atoms with Gasteiger partial charge in [-0.25, -0.2) is 0 Å². The van der Waals surface area contributed by atoms with E-state index >= 15 is 0 Å². The normalized spacial score (nSPS) is 54.6. The first-order valence-electron chi connectivity index (χ1n) is 9.42. The van der Waals surface area contributed by atoms with Crippen molar-refractivity contribution in [1.82, 2.24) is 0 Å². The van der Waals surface area contributed by atoms with Crippen LogP contribution in [0, 0.1) is 40.4 Å². The van der Waals surface area contributed by atoms with Gasteiger partial charge in [-0.3, -0.25) is 9.59 Å². The minimum atomic E-state index is -0.316. The van der Waals surface area contributed by atoms with E-state index in [4.69, 9.17) is 0 Å². The summed E-state index contributed by atoms with van der Waals surface area (Å²) in [4.78, 5) is 25.5. The summed E-state index contributed by atoms with van der Waals surface area (Å²) < 4.78 is 0. The SMILES string of the molecule is C[C@@H]1CC[C@@]2(C)[C@@H](CC[C@@H]3[C@@H]2C(=O)C[C@]2(C)C(=O)CC[C@@H]32)C1. The number of carbonyl (C=O) groups excluding carboxylic acids is 2. The van der Waals surface area contributed by atoms with Gasteiger partial charge in [0.25, 0.3) is 0 Å². The molecule has 0 heterocycles. The minimum absolute atomic E-state index is 0.222. The Bertz CT molecular complexity index is 524. The summed E-state index contributed by atoms with van der Waals surface area (Å²) in [6.07, 6.45) is 8.60. The lowest BCUT2D eigenvalue weighted by atomic mass is 9.44. The number of hydrogen-bond donors (Lipinski definition) is 0. The second-order valence-electron chi connectivity index (χ2n) is 9.43. The molecule has 4 aliphatic carbocycles. The molecule has 0 aliphatic heterocycles. The molecule has 0 aromatic carbocycles. The van der Waals surface area contributed by atoms with E-state index in [0.717, 1.165) is 24.7 Å². The lowest BCUT2D eigenvalue weighted by molar-refractivity contribution is -0.160. The van der Waals surface area contributed by atoms with Gasteiger partial charge in [-0.1, -0.05) is 27.2 Å². The molecule has 0 bridgehead atoms. The fraction of sp³-hybridized carbons (Fsp3) is 0.900. The van der Waals surface area contributed by atoms with Gasteiger partial charge in [0.2, 0.25) is 0 Å². The molecule has 2 nitrogen and oxygen atoms in total. The van der Waals surface area contributed by atoms with Crippen molar-refractivity contribution in [2.24, 2.45) is 40.4 Å². The highest BCUT2D eigenvalue weighted by Gasteiger charge is 2.63. The van der Waals surface area contributed by atoms with Crippen molar-refractivity contribution in [1.29, 1.82) is 0 Å². The van der Waals surface area contributed by atoms with Gasteiger partial charge in [0.05, 0.1) is 0 Å². The first-order chi connectivity index (χ1) is 10.4. The molecule has 2 heteroatoms. The molecule has 7 atom stereocenters. The fourth-order valence-corrected chi connectivity index (χ4v) is 7.07. The van der Waals surface area contributed by atoms with Crippen LogP contribution in [0.4, 0.5) is 0 Å². The van der Waals surface area contributed by atoms with E-state index in [-0.39, 0.29) is 16.7 Å². The second kappa shape index (κ2) is 4.68. The lowest BCUT2D eigenvalue weighted by Crippen LogP contribution is -2.57. The average Bonchev–Trinajstić information content (AvgIpc) is 2.75. The summed E-state index contributed by atoms with van der Waals surface area (Å²) in [5.41, 5.74) is -0.0944. The number of fused-ring (bicyclic) bond motifs is 5. The number of Topliss-reactive ketones (excluding diaryl/α,β-unsaturated/α-hetero) is 2. The predicted octanol–water partition coefficient (Wildman–Crippen LogP) is 4.41. The van der Waals surface area contributed by atoms with Crippen LogP contribution in [0.2, 0.25) is 0 Å². The molecule has 0 aromatic rings. The van der Waals surface area contributed by atoms with E-state index < -0.39 is 0 Å². The Morgan fingerprint density at radius 2 is 1.82 bits per heavy atom. The van der Waals surface area contributed by atoms with Gasteiger partial charge in [-0.2, -0.15) is 0 Å². The number of hydrogen-bond acceptors (Lipinski definition) is 2. The molecule has 4 aliphatic rings. The first-order valence-corrected chi connectivity index (χ1v) is 9.42. The molecule has 0 radical (unpaired) electrons. The van der Waals surface area contributed by atoms with Crippen molar-refractivity contribution in [3.8, 4) is 0 Å². The van der Waals surface area contributed by atoms with Crippen LogP contribution < -0.4 is 0 Å². The third-order valence-corrected chi connectivity index (χ3v) is 8.33. The maximum Gasteiger partial charge on any atom is 0.139 e. The molecule has 4 saturated carbocycles. The Morgan fingerprint density at radius 1 is 1.05 bits per heavy atom. The molecule has 0 spiro atoms. The summed E-state index contributed by atoms with van der Waals surface area (Å²) in [6.45, 7) is 6.89. The van der Waals surface area contributed by atoms with E-state index in [1.807, 2.05) is 0 Å². The average molecular weight is 302 g/mol. The van der Waals surface area contributed by atoms with E-state index in [9.17, 15) is 9.59 Å². The first kappa shape index (κ1) is 14.9. The van der Waals surface area contributed by atoms with Crippen LogP contribution in [-0.2, 0) is 9.59 Å². The van der Waals surface area contributed by atoms with Gasteiger partial charge < -0.3 is 0 Å². The lowest BCUT2D eigenvalue weighted by Gasteiger charge is -2.59. The highest BCUT2D eigenvalue weighted by atomic mass is 16.1. The van der Waals surface area contributed by atoms with Crippen LogP contribution in [0.5, 0.6) is 0 Å². The van der Waals surface area contributed by atoms with Gasteiger partial charge >= 0.3 is 0 Å². The van der Waals surface area contributed by atoms with Crippen molar-refractivity contribution < 1.29 is 9.59 Å². The van der Waals surface area contributed by atoms with Crippen molar-refractivity contribution in [2.45, 2.75) is 72.1 Å². The Kier molecular flexibility index (Phi) is 3.17. The van der Waals surface area contributed by atoms with Crippen LogP contribution in [0.3, 0.4) is 0 Å². The van der Waals surface area contributed by atoms with Crippen molar-refractivity contribution in [3.63, 3.8) is 0 Å². The Morgan fingerprint density at radius 3 is 2.59 bits per heavy atom. The molecule has 0 saturated heterocycles. The van der Waals surface area contributed by atoms with Crippen molar-refractivity contribution >= 4 is 11.6 Å². The molecule has 0 N–H and O–H groups in total. The Labute approximate surface area is 134 Å². The van der Waals surface area contributed by atoms with Gasteiger partial charge in [-0.15, -0.1) is 0 Å². The number of rotatable bonds is 0. The molecular formula is C20H30O2. The summed E-state index contributed by atoms with van der Waals surface area (Å²) in [6, 6.07) is 0. The predicted molar refractivity (Wildman–Crippen MR) is 86.3 cm³/mol. The summed E-state index contributed by atoms with van der Waals surface area (Å²) >= 11 is 0. The van der Waals surface area contributed by atoms with E-state index in [1.165, 1.54) is 32.1 Å². The van der Waals surface area contributed by atoms with E-state index in [1.54, 1.807) is 0 Å². The summed E-state index contributed by atoms with van der Waals surface area (Å²) in [7, 11) is 0. The molecule has 122 valence electrons. The topological polar surface area (TPSA) is 34.1 Å². The maximum absolute atomic E-state index is 13.1. The second-order valence-corrected chi connectivity index (χ2v) is 9.43. The van der Waals surface area contributed by atoms with Gasteiger partial charge in [0, 0.05) is 24.2 Å². The number of carbonyl (C=O) groups is 2. The summed E-state index contributed by atoms with van der Waals surface area (Å²) in [5.74, 6) is 3.60. The quantitative estimate of drug-likeness (QED) is 0.664. The van der Waals surface area contributed by atoms with Gasteiger partial charge in [0.15, 0.2) is 0 Å². The van der Waals surface area contributed by atoms with Crippen LogP contribution >= 0.6 is 0 Å². The summed E-state index contributed by atoms with van der Waals surface area (Å²) in [5, 5.41) is 0. The molecule has 0 aromatic heterocycles. The van der Waals surface area contributed by atoms with Crippen LogP contribution in [0.15, 0.2) is 0 Å². The van der Waals surface area contributed by atoms with Crippen molar-refractivity contribution in [3.05, 3.63) is 0 Å². The molecule has 0 unspecified atom stereocenters. The largest absolute Gasteiger partial charge is 0.299 e. The monoisotopic (exact) mass is 302 g/mol. The molecule has 4 rings (SSSR count). The third kappa shape index (κ3) is 1.79. The van der Waals surface area contributed by atoms with E-state index in [0.29, 0.717) is 29.8 Å². The Hall–Kier alpha value is -0.660. The van der Waals surface area contributed by atoms with Crippen LogP contribution in [0.25, 0.3) is 0 Å². The molecule has 22 heavy (non-hydrogen) atoms. The smallest absolute Gasteiger partial charge is 0.139 e. The van der Waals surface area contributed by atoms with E-state index in [2.05, 4.69) is 20.8 Å². The highest BCUT2D eigenvalue weighted by molar-refractivity contribution is 5.95. The van der Waals surface area contributed by atoms with Crippen LogP contribution in [0.1, 0.15) is 72.1 Å². The zero-order valence-corrected chi connectivity index (χ0v) is 14.4. The van der Waals surface area contributed by atoms with Gasteiger partial charge in [-0.05, 0) is 61.2 Å². The molecule has 0 amide bonds.